The zero-order valence-corrected chi connectivity index (χ0v) is 11.4. The molecule has 0 N–H and O–H groups in total. The fourth-order valence-corrected chi connectivity index (χ4v) is 2.83. The van der Waals surface area contributed by atoms with E-state index in [1.165, 1.54) is 21.6 Å². The van der Waals surface area contributed by atoms with Crippen molar-refractivity contribution >= 4 is 25.3 Å². The van der Waals surface area contributed by atoms with Gasteiger partial charge >= 0.3 is 0 Å². The van der Waals surface area contributed by atoms with Crippen molar-refractivity contribution in [2.45, 2.75) is 32.6 Å². The first-order valence-electron chi connectivity index (χ1n) is 5.84. The van der Waals surface area contributed by atoms with E-state index in [1.54, 1.807) is 0 Å². The van der Waals surface area contributed by atoms with Crippen molar-refractivity contribution in [1.29, 1.82) is 0 Å². The van der Waals surface area contributed by atoms with Crippen LogP contribution < -0.4 is 5.30 Å². The Morgan fingerprint density at radius 3 is 2.44 bits per heavy atom. The Bertz CT molecular complexity index is 512. The third-order valence-corrected chi connectivity index (χ3v) is 4.21. The number of fused-ring (bicyclic) bond motifs is 1. The van der Waals surface area contributed by atoms with Crippen molar-refractivity contribution < 1.29 is 0 Å². The Morgan fingerprint density at radius 2 is 1.75 bits per heavy atom. The van der Waals surface area contributed by atoms with Gasteiger partial charge in [0, 0.05) is 0 Å². The minimum atomic E-state index is 0.251. The molecular formula is C15H19P. The van der Waals surface area contributed by atoms with E-state index in [-0.39, 0.29) is 5.41 Å². The molecule has 0 aliphatic heterocycles. The quantitative estimate of drug-likeness (QED) is 0.683. The summed E-state index contributed by atoms with van der Waals surface area (Å²) in [5.41, 5.74) is 1.69. The van der Waals surface area contributed by atoms with E-state index in [2.05, 4.69) is 66.4 Å². The van der Waals surface area contributed by atoms with Crippen LogP contribution in [0.1, 0.15) is 32.8 Å². The Kier molecular flexibility index (Phi) is 3.04. The van der Waals surface area contributed by atoms with Gasteiger partial charge in [-0.25, -0.2) is 0 Å². The summed E-state index contributed by atoms with van der Waals surface area (Å²) in [6.45, 7) is 6.87. The van der Waals surface area contributed by atoms with E-state index in [0.29, 0.717) is 0 Å². The second-order valence-electron chi connectivity index (χ2n) is 4.99. The Hall–Kier alpha value is -0.870. The molecule has 0 aliphatic rings. The van der Waals surface area contributed by atoms with Crippen LogP contribution in [0.25, 0.3) is 10.8 Å². The van der Waals surface area contributed by atoms with Gasteiger partial charge in [-0.2, -0.15) is 0 Å². The molecule has 0 nitrogen and oxygen atoms in total. The van der Waals surface area contributed by atoms with E-state index >= 15 is 0 Å². The van der Waals surface area contributed by atoms with Crippen LogP contribution in [-0.2, 0) is 5.41 Å². The smallest absolute Gasteiger partial charge is 0.00998 e. The first-order valence-corrected chi connectivity index (χ1v) is 6.41. The summed E-state index contributed by atoms with van der Waals surface area (Å²) in [5, 5.41) is 4.03. The summed E-state index contributed by atoms with van der Waals surface area (Å²) >= 11 is 0. The summed E-state index contributed by atoms with van der Waals surface area (Å²) in [5.74, 6) is 0. The SMILES string of the molecule is CCC(C)(C)c1ccc2ccccc2c1P. The summed E-state index contributed by atoms with van der Waals surface area (Å²) < 4.78 is 0. The second kappa shape index (κ2) is 4.18. The van der Waals surface area contributed by atoms with Crippen molar-refractivity contribution in [1.82, 2.24) is 0 Å². The second-order valence-corrected chi connectivity index (χ2v) is 5.56. The minimum Gasteiger partial charge on any atom is -0.105 e. The molecule has 1 heteroatoms. The van der Waals surface area contributed by atoms with Gasteiger partial charge in [0.2, 0.25) is 0 Å². The van der Waals surface area contributed by atoms with E-state index in [0.717, 1.165) is 6.42 Å². The topological polar surface area (TPSA) is 0 Å². The highest BCUT2D eigenvalue weighted by Gasteiger charge is 2.20. The summed E-state index contributed by atoms with van der Waals surface area (Å²) in [6, 6.07) is 13.1. The number of hydrogen-bond acceptors (Lipinski definition) is 0. The van der Waals surface area contributed by atoms with Gasteiger partial charge in [0.05, 0.1) is 0 Å². The molecule has 1 unspecified atom stereocenters. The maximum Gasteiger partial charge on any atom is -0.00998 e. The monoisotopic (exact) mass is 230 g/mol. The third-order valence-electron chi connectivity index (χ3n) is 3.58. The lowest BCUT2D eigenvalue weighted by Gasteiger charge is -2.26. The highest BCUT2D eigenvalue weighted by atomic mass is 31.0. The maximum atomic E-state index is 2.92. The third kappa shape index (κ3) is 1.87. The fraction of sp³-hybridized carbons (Fsp3) is 0.333. The Labute approximate surface area is 100 Å². The molecule has 0 aromatic heterocycles. The molecule has 0 aliphatic carbocycles. The van der Waals surface area contributed by atoms with Crippen molar-refractivity contribution in [2.24, 2.45) is 0 Å². The lowest BCUT2D eigenvalue weighted by atomic mass is 9.81. The maximum absolute atomic E-state index is 2.92. The molecule has 0 spiro atoms. The van der Waals surface area contributed by atoms with Crippen LogP contribution in [0.5, 0.6) is 0 Å². The molecule has 2 aromatic carbocycles. The van der Waals surface area contributed by atoms with Crippen molar-refractivity contribution in [2.75, 3.05) is 0 Å². The first-order chi connectivity index (χ1) is 7.56. The molecule has 0 fully saturated rings. The molecule has 84 valence electrons. The first kappa shape index (κ1) is 11.6. The van der Waals surface area contributed by atoms with Crippen LogP contribution >= 0.6 is 9.24 Å². The predicted molar refractivity (Wildman–Crippen MR) is 76.6 cm³/mol. The molecule has 2 aromatic rings. The van der Waals surface area contributed by atoms with Crippen LogP contribution in [0, 0.1) is 0 Å². The lowest BCUT2D eigenvalue weighted by molar-refractivity contribution is 0.510. The molecule has 0 radical (unpaired) electrons. The highest BCUT2D eigenvalue weighted by molar-refractivity contribution is 7.28. The van der Waals surface area contributed by atoms with Gasteiger partial charge < -0.3 is 0 Å². The normalized spacial score (nSPS) is 12.0. The number of benzene rings is 2. The number of hydrogen-bond donors (Lipinski definition) is 0. The zero-order chi connectivity index (χ0) is 11.8. The van der Waals surface area contributed by atoms with Gasteiger partial charge in [-0.1, -0.05) is 57.2 Å². The van der Waals surface area contributed by atoms with Gasteiger partial charge in [0.15, 0.2) is 0 Å². The van der Waals surface area contributed by atoms with E-state index < -0.39 is 0 Å². The average molecular weight is 230 g/mol. The number of rotatable bonds is 2. The zero-order valence-electron chi connectivity index (χ0n) is 10.2. The molecule has 0 saturated carbocycles. The summed E-state index contributed by atoms with van der Waals surface area (Å²) in [7, 11) is 2.92. The molecular weight excluding hydrogens is 211 g/mol. The highest BCUT2D eigenvalue weighted by Crippen LogP contribution is 2.29. The largest absolute Gasteiger partial charge is 0.105 e. The lowest BCUT2D eigenvalue weighted by Crippen LogP contribution is -2.22. The molecule has 0 amide bonds. The van der Waals surface area contributed by atoms with Crippen LogP contribution in [0.3, 0.4) is 0 Å². The van der Waals surface area contributed by atoms with Gasteiger partial charge in [0.25, 0.3) is 0 Å². The van der Waals surface area contributed by atoms with Crippen LogP contribution in [0.4, 0.5) is 0 Å². The van der Waals surface area contributed by atoms with Crippen LogP contribution in [0.2, 0.25) is 0 Å². The Morgan fingerprint density at radius 1 is 1.06 bits per heavy atom. The standard InChI is InChI=1S/C15H19P/c1-4-15(2,3)13-10-9-11-7-5-6-8-12(11)14(13)16/h5-10H,4,16H2,1-3H3. The van der Waals surface area contributed by atoms with E-state index in [1.807, 2.05) is 0 Å². The minimum absolute atomic E-state index is 0.251. The van der Waals surface area contributed by atoms with E-state index in [9.17, 15) is 0 Å². The van der Waals surface area contributed by atoms with Crippen molar-refractivity contribution in [3.8, 4) is 0 Å². The molecule has 2 rings (SSSR count). The molecule has 0 bridgehead atoms. The van der Waals surface area contributed by atoms with Crippen LogP contribution in [0.15, 0.2) is 36.4 Å². The van der Waals surface area contributed by atoms with E-state index in [4.69, 9.17) is 0 Å². The van der Waals surface area contributed by atoms with Gasteiger partial charge in [0.1, 0.15) is 0 Å². The average Bonchev–Trinajstić information content (AvgIpc) is 2.29. The summed E-state index contributed by atoms with van der Waals surface area (Å²) in [4.78, 5) is 0. The van der Waals surface area contributed by atoms with Crippen LogP contribution in [-0.4, -0.2) is 0 Å². The summed E-state index contributed by atoms with van der Waals surface area (Å²) in [6.07, 6.45) is 1.16. The van der Waals surface area contributed by atoms with Gasteiger partial charge in [-0.05, 0) is 33.5 Å². The molecule has 16 heavy (non-hydrogen) atoms. The fourth-order valence-electron chi connectivity index (χ4n) is 2.08. The van der Waals surface area contributed by atoms with Crippen molar-refractivity contribution in [3.63, 3.8) is 0 Å². The molecule has 0 saturated heterocycles. The van der Waals surface area contributed by atoms with Gasteiger partial charge in [-0.3, -0.25) is 0 Å². The molecule has 0 heterocycles. The predicted octanol–water partition coefficient (Wildman–Crippen LogP) is 4.03. The van der Waals surface area contributed by atoms with Crippen molar-refractivity contribution in [3.05, 3.63) is 42.0 Å². The Balaban J connectivity index is 2.70. The van der Waals surface area contributed by atoms with Gasteiger partial charge in [-0.15, -0.1) is 9.24 Å². The molecule has 1 atom stereocenters.